The van der Waals surface area contributed by atoms with E-state index in [1.807, 2.05) is 26.0 Å². The van der Waals surface area contributed by atoms with Gasteiger partial charge in [-0.2, -0.15) is 5.10 Å². The first-order chi connectivity index (χ1) is 7.61. The van der Waals surface area contributed by atoms with Crippen LogP contribution in [-0.2, 0) is 0 Å². The zero-order chi connectivity index (χ0) is 11.7. The molecule has 2 aromatic rings. The first kappa shape index (κ1) is 10.5. The van der Waals surface area contributed by atoms with Gasteiger partial charge < -0.3 is 10.5 Å². The molecule has 0 fully saturated rings. The van der Waals surface area contributed by atoms with Crippen LogP contribution in [-0.4, -0.2) is 21.9 Å². The van der Waals surface area contributed by atoms with E-state index in [4.69, 9.17) is 10.5 Å². The van der Waals surface area contributed by atoms with Crippen LogP contribution in [0.3, 0.4) is 0 Å². The van der Waals surface area contributed by atoms with Crippen LogP contribution >= 0.6 is 0 Å². The molecule has 0 bridgehead atoms. The molecule has 0 atom stereocenters. The van der Waals surface area contributed by atoms with E-state index in [9.17, 15) is 0 Å². The zero-order valence-corrected chi connectivity index (χ0v) is 9.56. The van der Waals surface area contributed by atoms with Crippen LogP contribution in [0.5, 0.6) is 5.75 Å². The third-order valence-corrected chi connectivity index (χ3v) is 2.34. The average molecular weight is 218 g/mol. The summed E-state index contributed by atoms with van der Waals surface area (Å²) < 4.78 is 6.88. The molecule has 5 heteroatoms. The Labute approximate surface area is 93.9 Å². The van der Waals surface area contributed by atoms with Crippen LogP contribution in [0.4, 0.5) is 5.69 Å². The Bertz CT molecular complexity index is 519. The van der Waals surface area contributed by atoms with E-state index in [0.717, 1.165) is 23.1 Å². The van der Waals surface area contributed by atoms with Crippen molar-refractivity contribution in [1.82, 2.24) is 14.8 Å². The van der Waals surface area contributed by atoms with Gasteiger partial charge in [-0.05, 0) is 26.0 Å². The minimum atomic E-state index is 0.647. The highest BCUT2D eigenvalue weighted by molar-refractivity contribution is 5.60. The van der Waals surface area contributed by atoms with Crippen molar-refractivity contribution in [2.75, 3.05) is 12.8 Å². The normalized spacial score (nSPS) is 10.4. The zero-order valence-electron chi connectivity index (χ0n) is 9.56. The molecule has 1 heterocycles. The lowest BCUT2D eigenvalue weighted by atomic mass is 10.2. The van der Waals surface area contributed by atoms with E-state index in [2.05, 4.69) is 10.1 Å². The first-order valence-electron chi connectivity index (χ1n) is 4.96. The Balaban J connectivity index is 2.58. The molecule has 0 aliphatic rings. The van der Waals surface area contributed by atoms with Gasteiger partial charge in [0.25, 0.3) is 0 Å². The molecule has 0 aliphatic heterocycles. The molecule has 0 saturated heterocycles. The molecule has 16 heavy (non-hydrogen) atoms. The SMILES string of the molecule is COc1ccc(N)c(-n2nc(C)nc2C)c1. The number of aryl methyl sites for hydroxylation is 2. The molecule has 2 N–H and O–H groups in total. The molecular formula is C11H14N4O. The Morgan fingerprint density at radius 2 is 2.06 bits per heavy atom. The van der Waals surface area contributed by atoms with Crippen molar-refractivity contribution >= 4 is 5.69 Å². The van der Waals surface area contributed by atoms with Crippen LogP contribution < -0.4 is 10.5 Å². The minimum absolute atomic E-state index is 0.647. The second-order valence-electron chi connectivity index (χ2n) is 3.54. The third kappa shape index (κ3) is 1.71. The van der Waals surface area contributed by atoms with Crippen molar-refractivity contribution in [3.8, 4) is 11.4 Å². The smallest absolute Gasteiger partial charge is 0.148 e. The molecule has 0 saturated carbocycles. The highest BCUT2D eigenvalue weighted by Crippen LogP contribution is 2.23. The maximum absolute atomic E-state index is 5.91. The van der Waals surface area contributed by atoms with Crippen molar-refractivity contribution in [2.45, 2.75) is 13.8 Å². The van der Waals surface area contributed by atoms with Crippen LogP contribution in [0.25, 0.3) is 5.69 Å². The second kappa shape index (κ2) is 3.84. The number of ether oxygens (including phenoxy) is 1. The number of benzene rings is 1. The number of hydrogen-bond acceptors (Lipinski definition) is 4. The average Bonchev–Trinajstić information content (AvgIpc) is 2.58. The highest BCUT2D eigenvalue weighted by atomic mass is 16.5. The summed E-state index contributed by atoms with van der Waals surface area (Å²) in [6, 6.07) is 5.46. The molecule has 0 radical (unpaired) electrons. The lowest BCUT2D eigenvalue weighted by molar-refractivity contribution is 0.414. The highest BCUT2D eigenvalue weighted by Gasteiger charge is 2.09. The second-order valence-corrected chi connectivity index (χ2v) is 3.54. The fourth-order valence-electron chi connectivity index (χ4n) is 1.58. The molecule has 0 amide bonds. The van der Waals surface area contributed by atoms with E-state index in [-0.39, 0.29) is 0 Å². The maximum atomic E-state index is 5.91. The van der Waals surface area contributed by atoms with Gasteiger partial charge in [0.1, 0.15) is 17.4 Å². The number of nitrogens with two attached hydrogens (primary N) is 1. The lowest BCUT2D eigenvalue weighted by Crippen LogP contribution is -2.04. The maximum Gasteiger partial charge on any atom is 0.148 e. The van der Waals surface area contributed by atoms with Crippen molar-refractivity contribution in [3.05, 3.63) is 29.8 Å². The van der Waals surface area contributed by atoms with Gasteiger partial charge in [-0.1, -0.05) is 0 Å². The van der Waals surface area contributed by atoms with E-state index in [0.29, 0.717) is 5.69 Å². The number of anilines is 1. The number of rotatable bonds is 2. The fraction of sp³-hybridized carbons (Fsp3) is 0.273. The summed E-state index contributed by atoms with van der Waals surface area (Å²) in [5, 5.41) is 4.29. The Morgan fingerprint density at radius 1 is 1.31 bits per heavy atom. The van der Waals surface area contributed by atoms with E-state index >= 15 is 0 Å². The largest absolute Gasteiger partial charge is 0.497 e. The summed E-state index contributed by atoms with van der Waals surface area (Å²) in [4.78, 5) is 4.24. The topological polar surface area (TPSA) is 66.0 Å². The van der Waals surface area contributed by atoms with Crippen molar-refractivity contribution < 1.29 is 4.74 Å². The van der Waals surface area contributed by atoms with Crippen molar-refractivity contribution in [1.29, 1.82) is 0 Å². The fourth-order valence-corrected chi connectivity index (χ4v) is 1.58. The molecule has 1 aromatic heterocycles. The van der Waals surface area contributed by atoms with Crippen molar-refractivity contribution in [3.63, 3.8) is 0 Å². The molecule has 84 valence electrons. The third-order valence-electron chi connectivity index (χ3n) is 2.34. The summed E-state index contributed by atoms with van der Waals surface area (Å²) in [6.45, 7) is 3.73. The molecule has 0 aliphatic carbocycles. The van der Waals surface area contributed by atoms with Crippen LogP contribution in [0.15, 0.2) is 18.2 Å². The minimum Gasteiger partial charge on any atom is -0.497 e. The van der Waals surface area contributed by atoms with Crippen LogP contribution in [0.1, 0.15) is 11.6 Å². The van der Waals surface area contributed by atoms with E-state index in [1.54, 1.807) is 17.9 Å². The molecule has 2 rings (SSSR count). The molecule has 0 spiro atoms. The Morgan fingerprint density at radius 3 is 2.62 bits per heavy atom. The van der Waals surface area contributed by atoms with Gasteiger partial charge in [-0.25, -0.2) is 9.67 Å². The number of methoxy groups -OCH3 is 1. The van der Waals surface area contributed by atoms with Crippen molar-refractivity contribution in [2.24, 2.45) is 0 Å². The number of nitrogen functional groups attached to an aromatic ring is 1. The summed E-state index contributed by atoms with van der Waals surface area (Å²) in [5.41, 5.74) is 7.35. The van der Waals surface area contributed by atoms with E-state index < -0.39 is 0 Å². The number of aromatic nitrogens is 3. The summed E-state index contributed by atoms with van der Waals surface area (Å²) in [5.74, 6) is 2.27. The van der Waals surface area contributed by atoms with E-state index in [1.165, 1.54) is 0 Å². The van der Waals surface area contributed by atoms with Gasteiger partial charge >= 0.3 is 0 Å². The van der Waals surface area contributed by atoms with Crippen LogP contribution in [0.2, 0.25) is 0 Å². The van der Waals surface area contributed by atoms with Gasteiger partial charge in [-0.15, -0.1) is 0 Å². The molecular weight excluding hydrogens is 204 g/mol. The van der Waals surface area contributed by atoms with Gasteiger partial charge in [-0.3, -0.25) is 0 Å². The summed E-state index contributed by atoms with van der Waals surface area (Å²) in [6.07, 6.45) is 0. The summed E-state index contributed by atoms with van der Waals surface area (Å²) in [7, 11) is 1.62. The lowest BCUT2D eigenvalue weighted by Gasteiger charge is -2.08. The van der Waals surface area contributed by atoms with Gasteiger partial charge in [0.15, 0.2) is 0 Å². The summed E-state index contributed by atoms with van der Waals surface area (Å²) >= 11 is 0. The van der Waals surface area contributed by atoms with Gasteiger partial charge in [0.2, 0.25) is 0 Å². The predicted molar refractivity (Wildman–Crippen MR) is 61.8 cm³/mol. The quantitative estimate of drug-likeness (QED) is 0.775. The molecule has 5 nitrogen and oxygen atoms in total. The Hall–Kier alpha value is -2.04. The van der Waals surface area contributed by atoms with Crippen LogP contribution in [0, 0.1) is 13.8 Å². The molecule has 1 aromatic carbocycles. The first-order valence-corrected chi connectivity index (χ1v) is 4.96. The predicted octanol–water partition coefficient (Wildman–Crippen LogP) is 1.47. The number of hydrogen-bond donors (Lipinski definition) is 1. The molecule has 0 unspecified atom stereocenters. The monoisotopic (exact) mass is 218 g/mol. The Kier molecular flexibility index (Phi) is 2.52. The van der Waals surface area contributed by atoms with Gasteiger partial charge in [0.05, 0.1) is 18.5 Å². The number of nitrogens with zero attached hydrogens (tertiary/aromatic N) is 3. The standard InChI is InChI=1S/C11H14N4O/c1-7-13-8(2)15(14-7)11-6-9(16-3)4-5-10(11)12/h4-6H,12H2,1-3H3. The van der Waals surface area contributed by atoms with Gasteiger partial charge in [0, 0.05) is 6.07 Å².